The minimum atomic E-state index is -2.87. The van der Waals surface area contributed by atoms with Crippen LogP contribution in [0.5, 0.6) is 0 Å². The summed E-state index contributed by atoms with van der Waals surface area (Å²) >= 11 is 5.61. The fourth-order valence-corrected chi connectivity index (χ4v) is 5.67. The summed E-state index contributed by atoms with van der Waals surface area (Å²) < 4.78 is 28.4. The Morgan fingerprint density at radius 2 is 2.17 bits per heavy atom. The van der Waals surface area contributed by atoms with Gasteiger partial charge >= 0.3 is 0 Å². The molecule has 0 aliphatic carbocycles. The summed E-state index contributed by atoms with van der Waals surface area (Å²) in [6, 6.07) is 0.100. The van der Waals surface area contributed by atoms with Crippen molar-refractivity contribution < 1.29 is 8.42 Å². The molecule has 0 bridgehead atoms. The first kappa shape index (κ1) is 17.1. The van der Waals surface area contributed by atoms with Crippen LogP contribution in [0.1, 0.15) is 44.9 Å². The lowest BCUT2D eigenvalue weighted by atomic mass is 10.2. The molecule has 1 aromatic rings. The van der Waals surface area contributed by atoms with E-state index >= 15 is 0 Å². The fraction of sp³-hybridized carbons (Fsp3) is 0.867. The third kappa shape index (κ3) is 3.85. The van der Waals surface area contributed by atoms with Gasteiger partial charge in [-0.1, -0.05) is 13.3 Å². The number of aryl methyl sites for hydroxylation is 1. The Kier molecular flexibility index (Phi) is 5.22. The Hall–Kier alpha value is -0.730. The van der Waals surface area contributed by atoms with E-state index in [-0.39, 0.29) is 11.8 Å². The third-order valence-corrected chi connectivity index (χ3v) is 7.01. The van der Waals surface area contributed by atoms with Crippen LogP contribution < -0.4 is 0 Å². The Morgan fingerprint density at radius 3 is 2.87 bits per heavy atom. The monoisotopic (exact) mass is 358 g/mol. The summed E-state index contributed by atoms with van der Waals surface area (Å²) in [7, 11) is -2.87. The number of sulfone groups is 1. The molecule has 0 amide bonds. The number of fused-ring (bicyclic) bond motifs is 1. The maximum atomic E-state index is 11.8. The van der Waals surface area contributed by atoms with Crippen LogP contribution >= 0.6 is 12.2 Å². The second-order valence-electron chi connectivity index (χ2n) is 6.67. The SMILES string of the molecule is CCCN(Cn1nc2n(c1=S)CCCCC2)C1CCS(=O)(=O)C1. The van der Waals surface area contributed by atoms with E-state index in [1.165, 1.54) is 12.8 Å². The Labute approximate surface area is 143 Å². The molecule has 130 valence electrons. The standard InChI is InChI=1S/C15H26N4O2S2/c1-2-8-17(13-7-10-23(20,21)11-13)12-19-15(22)18-9-5-3-4-6-14(18)16-19/h13H,2-12H2,1H3. The Bertz CT molecular complexity index is 708. The van der Waals surface area contributed by atoms with E-state index in [0.29, 0.717) is 12.4 Å². The highest BCUT2D eigenvalue weighted by molar-refractivity contribution is 7.91. The zero-order chi connectivity index (χ0) is 16.4. The van der Waals surface area contributed by atoms with Crippen molar-refractivity contribution in [3.05, 3.63) is 10.6 Å². The highest BCUT2D eigenvalue weighted by Crippen LogP contribution is 2.20. The average Bonchev–Trinajstić information content (AvgIpc) is 2.90. The lowest BCUT2D eigenvalue weighted by Gasteiger charge is -2.27. The highest BCUT2D eigenvalue weighted by Gasteiger charge is 2.32. The molecule has 0 radical (unpaired) electrons. The third-order valence-electron chi connectivity index (χ3n) is 4.83. The average molecular weight is 359 g/mol. The van der Waals surface area contributed by atoms with Crippen LogP contribution in [0.15, 0.2) is 0 Å². The van der Waals surface area contributed by atoms with Crippen molar-refractivity contribution in [2.75, 3.05) is 18.1 Å². The summed E-state index contributed by atoms with van der Waals surface area (Å²) in [6.07, 6.45) is 6.28. The largest absolute Gasteiger partial charge is 0.304 e. The number of hydrogen-bond donors (Lipinski definition) is 0. The molecular weight excluding hydrogens is 332 g/mol. The van der Waals surface area contributed by atoms with Crippen LogP contribution in [0.25, 0.3) is 0 Å². The Balaban J connectivity index is 1.79. The summed E-state index contributed by atoms with van der Waals surface area (Å²) in [5, 5.41) is 4.72. The van der Waals surface area contributed by atoms with Crippen molar-refractivity contribution in [3.63, 3.8) is 0 Å². The van der Waals surface area contributed by atoms with Crippen molar-refractivity contribution in [2.24, 2.45) is 0 Å². The molecule has 0 aromatic carbocycles. The number of nitrogens with zero attached hydrogens (tertiary/aromatic N) is 4. The fourth-order valence-electron chi connectivity index (χ4n) is 3.61. The Morgan fingerprint density at radius 1 is 1.35 bits per heavy atom. The molecule has 6 nitrogen and oxygen atoms in total. The second-order valence-corrected chi connectivity index (χ2v) is 9.27. The number of hydrogen-bond acceptors (Lipinski definition) is 5. The summed E-state index contributed by atoms with van der Waals surface area (Å²) in [5.74, 6) is 1.67. The van der Waals surface area contributed by atoms with Gasteiger partial charge in [-0.3, -0.25) is 4.90 Å². The molecule has 2 aliphatic heterocycles. The molecule has 0 saturated carbocycles. The minimum Gasteiger partial charge on any atom is -0.304 e. The lowest BCUT2D eigenvalue weighted by molar-refractivity contribution is 0.154. The summed E-state index contributed by atoms with van der Waals surface area (Å²) in [6.45, 7) is 4.56. The molecule has 3 heterocycles. The molecule has 1 fully saturated rings. The maximum absolute atomic E-state index is 11.8. The molecule has 1 saturated heterocycles. The lowest BCUT2D eigenvalue weighted by Crippen LogP contribution is -2.38. The van der Waals surface area contributed by atoms with E-state index in [1.54, 1.807) is 0 Å². The van der Waals surface area contributed by atoms with Crippen LogP contribution in [0, 0.1) is 4.77 Å². The molecule has 3 rings (SSSR count). The number of aromatic nitrogens is 3. The van der Waals surface area contributed by atoms with Gasteiger partial charge in [0.25, 0.3) is 0 Å². The van der Waals surface area contributed by atoms with Gasteiger partial charge in [0, 0.05) is 19.0 Å². The van der Waals surface area contributed by atoms with E-state index < -0.39 is 9.84 Å². The van der Waals surface area contributed by atoms with E-state index in [2.05, 4.69) is 16.4 Å². The van der Waals surface area contributed by atoms with E-state index in [9.17, 15) is 8.42 Å². The van der Waals surface area contributed by atoms with Gasteiger partial charge in [-0.05, 0) is 44.4 Å². The van der Waals surface area contributed by atoms with Crippen molar-refractivity contribution in [1.82, 2.24) is 19.2 Å². The quantitative estimate of drug-likeness (QED) is 0.754. The van der Waals surface area contributed by atoms with Gasteiger partial charge in [-0.2, -0.15) is 5.10 Å². The summed E-state index contributed by atoms with van der Waals surface area (Å²) in [4.78, 5) is 2.24. The van der Waals surface area contributed by atoms with Crippen molar-refractivity contribution in [1.29, 1.82) is 0 Å². The first-order valence-electron chi connectivity index (χ1n) is 8.61. The van der Waals surface area contributed by atoms with Crippen LogP contribution in [-0.4, -0.2) is 51.8 Å². The van der Waals surface area contributed by atoms with Crippen molar-refractivity contribution in [3.8, 4) is 0 Å². The van der Waals surface area contributed by atoms with Crippen molar-refractivity contribution >= 4 is 22.1 Å². The highest BCUT2D eigenvalue weighted by atomic mass is 32.2. The van der Waals surface area contributed by atoms with Gasteiger partial charge in [0.15, 0.2) is 14.6 Å². The molecule has 0 N–H and O–H groups in total. The molecular formula is C15H26N4O2S2. The first-order chi connectivity index (χ1) is 11.0. The molecule has 0 spiro atoms. The van der Waals surface area contributed by atoms with Gasteiger partial charge < -0.3 is 4.57 Å². The molecule has 23 heavy (non-hydrogen) atoms. The maximum Gasteiger partial charge on any atom is 0.199 e. The van der Waals surface area contributed by atoms with Gasteiger partial charge in [-0.25, -0.2) is 13.1 Å². The molecule has 1 aromatic heterocycles. The van der Waals surface area contributed by atoms with Gasteiger partial charge in [0.2, 0.25) is 0 Å². The van der Waals surface area contributed by atoms with E-state index in [1.807, 2.05) is 4.68 Å². The van der Waals surface area contributed by atoms with Crippen LogP contribution in [0.4, 0.5) is 0 Å². The van der Waals surface area contributed by atoms with E-state index in [0.717, 1.165) is 49.4 Å². The van der Waals surface area contributed by atoms with Crippen LogP contribution in [0.2, 0.25) is 0 Å². The molecule has 2 aliphatic rings. The zero-order valence-corrected chi connectivity index (χ0v) is 15.4. The predicted octanol–water partition coefficient (Wildman–Crippen LogP) is 2.00. The normalized spacial score (nSPS) is 23.8. The molecule has 8 heteroatoms. The zero-order valence-electron chi connectivity index (χ0n) is 13.8. The van der Waals surface area contributed by atoms with Gasteiger partial charge in [-0.15, -0.1) is 0 Å². The van der Waals surface area contributed by atoms with Crippen LogP contribution in [-0.2, 0) is 29.5 Å². The smallest absolute Gasteiger partial charge is 0.199 e. The van der Waals surface area contributed by atoms with Crippen LogP contribution in [0.3, 0.4) is 0 Å². The van der Waals surface area contributed by atoms with Crippen molar-refractivity contribution in [2.45, 2.75) is 64.7 Å². The van der Waals surface area contributed by atoms with Gasteiger partial charge in [0.05, 0.1) is 18.2 Å². The molecule has 1 unspecified atom stereocenters. The number of rotatable bonds is 5. The minimum absolute atomic E-state index is 0.100. The first-order valence-corrected chi connectivity index (χ1v) is 10.8. The molecule has 1 atom stereocenters. The summed E-state index contributed by atoms with van der Waals surface area (Å²) in [5.41, 5.74) is 0. The predicted molar refractivity (Wildman–Crippen MR) is 92.7 cm³/mol. The van der Waals surface area contributed by atoms with Gasteiger partial charge in [0.1, 0.15) is 5.82 Å². The topological polar surface area (TPSA) is 60.1 Å². The second kappa shape index (κ2) is 7.03. The van der Waals surface area contributed by atoms with E-state index in [4.69, 9.17) is 17.3 Å².